The lowest BCUT2D eigenvalue weighted by Crippen LogP contribution is -2.34. The zero-order valence-electron chi connectivity index (χ0n) is 11.8. The fourth-order valence-electron chi connectivity index (χ4n) is 1.85. The molecule has 5 heteroatoms. The molecule has 20 heavy (non-hydrogen) atoms. The molecule has 0 aliphatic heterocycles. The molecule has 0 aromatic heterocycles. The number of aliphatic hydroxyl groups excluding tert-OH is 1. The summed E-state index contributed by atoms with van der Waals surface area (Å²) in [6.45, 7) is 3.24. The van der Waals surface area contributed by atoms with Gasteiger partial charge in [-0.1, -0.05) is 18.5 Å². The lowest BCUT2D eigenvalue weighted by molar-refractivity contribution is -0.131. The Morgan fingerprint density at radius 2 is 2.00 bits per heavy atom. The van der Waals surface area contributed by atoms with Crippen LogP contribution in [-0.2, 0) is 4.79 Å². The maximum absolute atomic E-state index is 12.0. The van der Waals surface area contributed by atoms with Crippen LogP contribution in [0.4, 0.5) is 0 Å². The van der Waals surface area contributed by atoms with E-state index >= 15 is 0 Å². The molecule has 0 bridgehead atoms. The maximum atomic E-state index is 12.0. The minimum Gasteiger partial charge on any atom is -0.395 e. The predicted molar refractivity (Wildman–Crippen MR) is 85.4 cm³/mol. The third kappa shape index (κ3) is 6.64. The van der Waals surface area contributed by atoms with Gasteiger partial charge in [0, 0.05) is 29.4 Å². The van der Waals surface area contributed by atoms with Crippen LogP contribution in [0.2, 0.25) is 5.02 Å². The van der Waals surface area contributed by atoms with Crippen LogP contribution in [0.5, 0.6) is 0 Å². The fourth-order valence-corrected chi connectivity index (χ4v) is 2.83. The van der Waals surface area contributed by atoms with Crippen LogP contribution in [0.1, 0.15) is 26.2 Å². The minimum atomic E-state index is 0.0330. The lowest BCUT2D eigenvalue weighted by Gasteiger charge is -2.20. The molecular formula is C15H22ClNO2S. The van der Waals surface area contributed by atoms with Gasteiger partial charge in [-0.3, -0.25) is 4.79 Å². The predicted octanol–water partition coefficient (Wildman–Crippen LogP) is 3.44. The number of carbonyl (C=O) groups excluding carboxylic acids is 1. The summed E-state index contributed by atoms with van der Waals surface area (Å²) in [5, 5.41) is 9.69. The molecule has 1 amide bonds. The quantitative estimate of drug-likeness (QED) is 0.560. The number of carbonyl (C=O) groups is 1. The van der Waals surface area contributed by atoms with Crippen LogP contribution >= 0.6 is 23.4 Å². The first kappa shape index (κ1) is 17.3. The van der Waals surface area contributed by atoms with Gasteiger partial charge in [0.15, 0.2) is 0 Å². The van der Waals surface area contributed by atoms with Crippen LogP contribution < -0.4 is 0 Å². The molecule has 0 saturated heterocycles. The maximum Gasteiger partial charge on any atom is 0.222 e. The summed E-state index contributed by atoms with van der Waals surface area (Å²) in [6.07, 6.45) is 2.31. The van der Waals surface area contributed by atoms with Crippen LogP contribution in [0.15, 0.2) is 29.2 Å². The highest BCUT2D eigenvalue weighted by molar-refractivity contribution is 7.99. The highest BCUT2D eigenvalue weighted by Crippen LogP contribution is 2.21. The van der Waals surface area contributed by atoms with E-state index in [1.807, 2.05) is 31.2 Å². The van der Waals surface area contributed by atoms with E-state index in [4.69, 9.17) is 16.7 Å². The van der Waals surface area contributed by atoms with E-state index in [1.165, 1.54) is 4.90 Å². The average molecular weight is 316 g/mol. The summed E-state index contributed by atoms with van der Waals surface area (Å²) >= 11 is 7.56. The van der Waals surface area contributed by atoms with Crippen molar-refractivity contribution in [2.75, 3.05) is 25.4 Å². The standard InChI is InChI=1S/C15H22ClNO2S/c1-2-9-17(10-11-18)15(19)4-3-12-20-14-7-5-13(16)6-8-14/h5-8,18H,2-4,9-12H2,1H3. The first-order valence-electron chi connectivity index (χ1n) is 6.94. The van der Waals surface area contributed by atoms with E-state index in [0.717, 1.165) is 30.2 Å². The van der Waals surface area contributed by atoms with Gasteiger partial charge in [-0.05, 0) is 42.9 Å². The smallest absolute Gasteiger partial charge is 0.222 e. The molecule has 0 heterocycles. The number of hydrogen-bond acceptors (Lipinski definition) is 3. The van der Waals surface area contributed by atoms with Gasteiger partial charge >= 0.3 is 0 Å². The van der Waals surface area contributed by atoms with Gasteiger partial charge in [-0.15, -0.1) is 11.8 Å². The van der Waals surface area contributed by atoms with Gasteiger partial charge < -0.3 is 10.0 Å². The topological polar surface area (TPSA) is 40.5 Å². The van der Waals surface area contributed by atoms with Crippen LogP contribution in [0, 0.1) is 0 Å². The number of aliphatic hydroxyl groups is 1. The highest BCUT2D eigenvalue weighted by atomic mass is 35.5. The molecule has 1 N–H and O–H groups in total. The molecule has 0 spiro atoms. The molecule has 1 aromatic carbocycles. The number of nitrogens with zero attached hydrogens (tertiary/aromatic N) is 1. The van der Waals surface area contributed by atoms with Crippen LogP contribution in [0.25, 0.3) is 0 Å². The van der Waals surface area contributed by atoms with Crippen LogP contribution in [0.3, 0.4) is 0 Å². The summed E-state index contributed by atoms with van der Waals surface area (Å²) in [5.41, 5.74) is 0. The second kappa shape index (κ2) is 10.1. The number of amides is 1. The first-order valence-corrected chi connectivity index (χ1v) is 8.30. The van der Waals surface area contributed by atoms with Crippen molar-refractivity contribution in [3.63, 3.8) is 0 Å². The Bertz CT molecular complexity index is 391. The monoisotopic (exact) mass is 315 g/mol. The molecule has 0 saturated carbocycles. The van der Waals surface area contributed by atoms with Crippen LogP contribution in [-0.4, -0.2) is 41.4 Å². The zero-order valence-corrected chi connectivity index (χ0v) is 13.4. The van der Waals surface area contributed by atoms with Crippen molar-refractivity contribution in [2.24, 2.45) is 0 Å². The number of benzene rings is 1. The van der Waals surface area contributed by atoms with Crippen molar-refractivity contribution < 1.29 is 9.90 Å². The van der Waals surface area contributed by atoms with Crippen molar-refractivity contribution in [3.8, 4) is 0 Å². The van der Waals surface area contributed by atoms with Gasteiger partial charge in [0.05, 0.1) is 6.61 Å². The second-order valence-electron chi connectivity index (χ2n) is 4.51. The number of halogens is 1. The third-order valence-electron chi connectivity index (χ3n) is 2.83. The first-order chi connectivity index (χ1) is 9.67. The van der Waals surface area contributed by atoms with E-state index < -0.39 is 0 Å². The lowest BCUT2D eigenvalue weighted by atomic mass is 10.3. The van der Waals surface area contributed by atoms with Crippen molar-refractivity contribution in [3.05, 3.63) is 29.3 Å². The number of thioether (sulfide) groups is 1. The van der Waals surface area contributed by atoms with E-state index in [9.17, 15) is 4.79 Å². The van der Waals surface area contributed by atoms with Crippen molar-refractivity contribution in [2.45, 2.75) is 31.1 Å². The zero-order chi connectivity index (χ0) is 14.8. The molecule has 0 atom stereocenters. The Morgan fingerprint density at radius 1 is 1.30 bits per heavy atom. The van der Waals surface area contributed by atoms with Gasteiger partial charge in [0.2, 0.25) is 5.91 Å². The van der Waals surface area contributed by atoms with Crippen molar-refractivity contribution in [1.82, 2.24) is 4.90 Å². The summed E-state index contributed by atoms with van der Waals surface area (Å²) in [5.74, 6) is 1.05. The summed E-state index contributed by atoms with van der Waals surface area (Å²) < 4.78 is 0. The summed E-state index contributed by atoms with van der Waals surface area (Å²) in [7, 11) is 0. The Morgan fingerprint density at radius 3 is 2.60 bits per heavy atom. The molecule has 3 nitrogen and oxygen atoms in total. The van der Waals surface area contributed by atoms with Gasteiger partial charge in [0.25, 0.3) is 0 Å². The summed E-state index contributed by atoms with van der Waals surface area (Å²) in [6, 6.07) is 7.73. The third-order valence-corrected chi connectivity index (χ3v) is 4.18. The Kier molecular flexibility index (Phi) is 8.74. The largest absolute Gasteiger partial charge is 0.395 e. The molecule has 0 fully saturated rings. The Hall–Kier alpha value is -0.710. The molecule has 0 aliphatic rings. The molecule has 0 aliphatic carbocycles. The second-order valence-corrected chi connectivity index (χ2v) is 6.12. The molecule has 0 radical (unpaired) electrons. The van der Waals surface area contributed by atoms with Crippen molar-refractivity contribution >= 4 is 29.3 Å². The number of rotatable bonds is 9. The van der Waals surface area contributed by atoms with E-state index in [2.05, 4.69) is 0 Å². The molecular weight excluding hydrogens is 294 g/mol. The Balaban J connectivity index is 2.25. The fraction of sp³-hybridized carbons (Fsp3) is 0.533. The minimum absolute atomic E-state index is 0.0330. The van der Waals surface area contributed by atoms with E-state index in [0.29, 0.717) is 13.0 Å². The van der Waals surface area contributed by atoms with Gasteiger partial charge in [-0.25, -0.2) is 0 Å². The van der Waals surface area contributed by atoms with Gasteiger partial charge in [0.1, 0.15) is 0 Å². The normalized spacial score (nSPS) is 10.6. The molecule has 0 unspecified atom stereocenters. The van der Waals surface area contributed by atoms with Crippen molar-refractivity contribution in [1.29, 1.82) is 0 Å². The molecule has 112 valence electrons. The van der Waals surface area contributed by atoms with E-state index in [-0.39, 0.29) is 12.5 Å². The Labute approximate surface area is 130 Å². The number of hydrogen-bond donors (Lipinski definition) is 1. The molecule has 1 aromatic rings. The molecule has 1 rings (SSSR count). The highest BCUT2D eigenvalue weighted by Gasteiger charge is 2.11. The van der Waals surface area contributed by atoms with E-state index in [1.54, 1.807) is 16.7 Å². The summed E-state index contributed by atoms with van der Waals surface area (Å²) in [4.78, 5) is 14.9. The van der Waals surface area contributed by atoms with Gasteiger partial charge in [-0.2, -0.15) is 0 Å². The average Bonchev–Trinajstić information content (AvgIpc) is 2.45. The SMILES string of the molecule is CCCN(CCO)C(=O)CCCSc1ccc(Cl)cc1.